The van der Waals surface area contributed by atoms with Crippen molar-refractivity contribution in [3.05, 3.63) is 46.2 Å². The van der Waals surface area contributed by atoms with E-state index >= 15 is 0 Å². The molecule has 0 aliphatic carbocycles. The van der Waals surface area contributed by atoms with Crippen molar-refractivity contribution >= 4 is 17.5 Å². The number of ether oxygens (including phenoxy) is 1. The van der Waals surface area contributed by atoms with Crippen LogP contribution in [0.2, 0.25) is 5.02 Å². The zero-order valence-electron chi connectivity index (χ0n) is 12.0. The molecule has 20 heavy (non-hydrogen) atoms. The van der Waals surface area contributed by atoms with E-state index < -0.39 is 6.10 Å². The van der Waals surface area contributed by atoms with Crippen molar-refractivity contribution in [3.63, 3.8) is 0 Å². The summed E-state index contributed by atoms with van der Waals surface area (Å²) in [5.41, 5.74) is 2.51. The van der Waals surface area contributed by atoms with Gasteiger partial charge in [-0.25, -0.2) is 4.68 Å². The zero-order chi connectivity index (χ0) is 14.9. The van der Waals surface area contributed by atoms with E-state index in [1.807, 2.05) is 26.8 Å². The molecule has 0 fully saturated rings. The van der Waals surface area contributed by atoms with Gasteiger partial charge in [0.25, 0.3) is 5.91 Å². The van der Waals surface area contributed by atoms with Gasteiger partial charge in [0, 0.05) is 10.7 Å². The van der Waals surface area contributed by atoms with Crippen molar-refractivity contribution in [2.75, 3.05) is 0 Å². The van der Waals surface area contributed by atoms with Gasteiger partial charge in [-0.15, -0.1) is 0 Å². The smallest absolute Gasteiger partial charge is 0.287 e. The summed E-state index contributed by atoms with van der Waals surface area (Å²) >= 11 is 5.90. The van der Waals surface area contributed by atoms with E-state index in [0.29, 0.717) is 10.8 Å². The molecule has 1 heterocycles. The van der Waals surface area contributed by atoms with Crippen LogP contribution in [0.15, 0.2) is 24.3 Å². The monoisotopic (exact) mass is 292 g/mol. The molecule has 0 N–H and O–H groups in total. The predicted octanol–water partition coefficient (Wildman–Crippen LogP) is 3.57. The number of aromatic nitrogens is 2. The van der Waals surface area contributed by atoms with E-state index in [0.717, 1.165) is 17.0 Å². The second-order valence-electron chi connectivity index (χ2n) is 4.85. The third-order valence-electron chi connectivity index (χ3n) is 3.01. The highest BCUT2D eigenvalue weighted by Crippen LogP contribution is 2.23. The number of rotatable bonds is 3. The van der Waals surface area contributed by atoms with Gasteiger partial charge in [0.1, 0.15) is 5.75 Å². The van der Waals surface area contributed by atoms with Crippen molar-refractivity contribution in [2.45, 2.75) is 33.8 Å². The third-order valence-corrected chi connectivity index (χ3v) is 3.24. The summed E-state index contributed by atoms with van der Waals surface area (Å²) in [5, 5.41) is 4.82. The van der Waals surface area contributed by atoms with Crippen LogP contribution in [0, 0.1) is 20.8 Å². The quantitative estimate of drug-likeness (QED) is 0.868. The highest BCUT2D eigenvalue weighted by atomic mass is 35.5. The maximum Gasteiger partial charge on any atom is 0.287 e. The molecule has 1 atom stereocenters. The lowest BCUT2D eigenvalue weighted by molar-refractivity contribution is 0.0706. The van der Waals surface area contributed by atoms with Gasteiger partial charge >= 0.3 is 0 Å². The Labute approximate surface area is 123 Å². The van der Waals surface area contributed by atoms with Gasteiger partial charge in [-0.05, 0) is 57.5 Å². The summed E-state index contributed by atoms with van der Waals surface area (Å²) < 4.78 is 7.09. The van der Waals surface area contributed by atoms with Gasteiger partial charge in [-0.3, -0.25) is 4.79 Å². The largest absolute Gasteiger partial charge is 0.481 e. The van der Waals surface area contributed by atoms with Gasteiger partial charge < -0.3 is 4.74 Å². The summed E-state index contributed by atoms with van der Waals surface area (Å²) in [5.74, 6) is 0.460. The lowest BCUT2D eigenvalue weighted by Gasteiger charge is -2.16. The molecule has 0 amide bonds. The number of benzene rings is 1. The Bertz CT molecular complexity index is 649. The van der Waals surface area contributed by atoms with E-state index in [9.17, 15) is 4.79 Å². The first-order chi connectivity index (χ1) is 9.38. The van der Waals surface area contributed by atoms with Crippen LogP contribution in [0.5, 0.6) is 5.75 Å². The van der Waals surface area contributed by atoms with Crippen LogP contribution < -0.4 is 4.74 Å². The maximum absolute atomic E-state index is 12.3. The first-order valence-corrected chi connectivity index (χ1v) is 6.76. The lowest BCUT2D eigenvalue weighted by atomic mass is 10.2. The van der Waals surface area contributed by atoms with Crippen molar-refractivity contribution in [3.8, 4) is 5.75 Å². The number of aryl methyl sites for hydroxylation is 3. The molecule has 0 saturated carbocycles. The summed E-state index contributed by atoms with van der Waals surface area (Å²) in [7, 11) is 0. The van der Waals surface area contributed by atoms with Crippen molar-refractivity contribution in [2.24, 2.45) is 0 Å². The Balaban J connectivity index is 2.17. The summed E-state index contributed by atoms with van der Waals surface area (Å²) in [6.07, 6.45) is -0.618. The summed E-state index contributed by atoms with van der Waals surface area (Å²) in [6, 6.07) is 7.17. The van der Waals surface area contributed by atoms with Gasteiger partial charge in [-0.1, -0.05) is 11.6 Å². The molecular weight excluding hydrogens is 276 g/mol. The molecule has 0 radical (unpaired) electrons. The minimum atomic E-state index is -0.618. The van der Waals surface area contributed by atoms with E-state index in [1.165, 1.54) is 4.68 Å². The fourth-order valence-corrected chi connectivity index (χ4v) is 2.24. The molecule has 1 aromatic heterocycles. The summed E-state index contributed by atoms with van der Waals surface area (Å²) in [4.78, 5) is 12.3. The Morgan fingerprint density at radius 2 is 2.00 bits per heavy atom. The van der Waals surface area contributed by atoms with Crippen LogP contribution in [0.4, 0.5) is 0 Å². The van der Waals surface area contributed by atoms with Gasteiger partial charge in [-0.2, -0.15) is 5.10 Å². The first kappa shape index (κ1) is 14.6. The minimum Gasteiger partial charge on any atom is -0.481 e. The Morgan fingerprint density at radius 3 is 2.55 bits per heavy atom. The van der Waals surface area contributed by atoms with Crippen LogP contribution >= 0.6 is 11.6 Å². The number of carbonyl (C=O) groups is 1. The van der Waals surface area contributed by atoms with Gasteiger partial charge in [0.15, 0.2) is 6.10 Å². The molecule has 106 valence electrons. The zero-order valence-corrected chi connectivity index (χ0v) is 12.7. The average Bonchev–Trinajstić information content (AvgIpc) is 2.71. The second-order valence-corrected chi connectivity index (χ2v) is 5.28. The Morgan fingerprint density at radius 1 is 1.30 bits per heavy atom. The maximum atomic E-state index is 12.3. The van der Waals surface area contributed by atoms with Crippen LogP contribution in [-0.2, 0) is 0 Å². The molecule has 1 unspecified atom stereocenters. The SMILES string of the molecule is Cc1cc(C)n(C(=O)C(C)Oc2ccc(Cl)cc2C)n1. The van der Waals surface area contributed by atoms with Crippen LogP contribution in [0.25, 0.3) is 0 Å². The number of carbonyl (C=O) groups excluding carboxylic acids is 1. The minimum absolute atomic E-state index is 0.190. The number of nitrogens with zero attached hydrogens (tertiary/aromatic N) is 2. The molecular formula is C15H17ClN2O2. The van der Waals surface area contributed by atoms with E-state index in [4.69, 9.17) is 16.3 Å². The van der Waals surface area contributed by atoms with Crippen LogP contribution in [0.3, 0.4) is 0 Å². The van der Waals surface area contributed by atoms with Crippen molar-refractivity contribution < 1.29 is 9.53 Å². The van der Waals surface area contributed by atoms with Crippen LogP contribution in [-0.4, -0.2) is 21.8 Å². The second kappa shape index (κ2) is 5.67. The standard InChI is InChI=1S/C15H17ClN2O2/c1-9-7-13(16)5-6-14(9)20-12(4)15(19)18-11(3)8-10(2)17-18/h5-8,12H,1-4H3. The molecule has 0 aliphatic heterocycles. The molecule has 2 aromatic rings. The van der Waals surface area contributed by atoms with Crippen molar-refractivity contribution in [1.29, 1.82) is 0 Å². The fourth-order valence-electron chi connectivity index (χ4n) is 2.01. The van der Waals surface area contributed by atoms with E-state index in [-0.39, 0.29) is 5.91 Å². The van der Waals surface area contributed by atoms with Crippen LogP contribution in [0.1, 0.15) is 28.7 Å². The predicted molar refractivity (Wildman–Crippen MR) is 78.6 cm³/mol. The van der Waals surface area contributed by atoms with E-state index in [2.05, 4.69) is 5.10 Å². The number of hydrogen-bond donors (Lipinski definition) is 0. The topological polar surface area (TPSA) is 44.1 Å². The average molecular weight is 293 g/mol. The number of halogens is 1. The summed E-state index contributed by atoms with van der Waals surface area (Å²) in [6.45, 7) is 7.30. The lowest BCUT2D eigenvalue weighted by Crippen LogP contribution is -2.31. The third kappa shape index (κ3) is 3.02. The Kier molecular flexibility index (Phi) is 4.14. The fraction of sp³-hybridized carbons (Fsp3) is 0.333. The molecule has 4 nitrogen and oxygen atoms in total. The van der Waals surface area contributed by atoms with Gasteiger partial charge in [0.2, 0.25) is 0 Å². The molecule has 5 heteroatoms. The van der Waals surface area contributed by atoms with Crippen molar-refractivity contribution in [1.82, 2.24) is 9.78 Å². The van der Waals surface area contributed by atoms with Gasteiger partial charge in [0.05, 0.1) is 5.69 Å². The molecule has 1 aromatic carbocycles. The molecule has 0 spiro atoms. The number of hydrogen-bond acceptors (Lipinski definition) is 3. The highest BCUT2D eigenvalue weighted by molar-refractivity contribution is 6.30. The molecule has 2 rings (SSSR count). The molecule has 0 bridgehead atoms. The Hall–Kier alpha value is -1.81. The van der Waals surface area contributed by atoms with E-state index in [1.54, 1.807) is 25.1 Å². The first-order valence-electron chi connectivity index (χ1n) is 6.39. The normalized spacial score (nSPS) is 12.2. The molecule has 0 saturated heterocycles. The highest BCUT2D eigenvalue weighted by Gasteiger charge is 2.20. The molecule has 0 aliphatic rings.